The summed E-state index contributed by atoms with van der Waals surface area (Å²) in [6.45, 7) is 6.08. The standard InChI is InChI=1S/C12H21NO2/c1-10(2)15-11-7-12(8-11)3-5-13(9-14)6-4-12/h9-11H,3-8H2,1-2H3. The van der Waals surface area contributed by atoms with E-state index in [-0.39, 0.29) is 0 Å². The molecule has 0 aromatic carbocycles. The molecule has 0 aromatic rings. The number of nitrogens with zero attached hydrogens (tertiary/aromatic N) is 1. The van der Waals surface area contributed by atoms with Gasteiger partial charge in [0.05, 0.1) is 12.2 Å². The number of amides is 1. The maximum absolute atomic E-state index is 10.6. The third kappa shape index (κ3) is 2.33. The molecule has 0 radical (unpaired) electrons. The maximum atomic E-state index is 10.6. The second kappa shape index (κ2) is 4.12. The summed E-state index contributed by atoms with van der Waals surface area (Å²) in [5.74, 6) is 0. The first-order chi connectivity index (χ1) is 7.13. The van der Waals surface area contributed by atoms with E-state index >= 15 is 0 Å². The number of carbonyl (C=O) groups excluding carboxylic acids is 1. The van der Waals surface area contributed by atoms with Gasteiger partial charge in [-0.1, -0.05) is 0 Å². The number of piperidine rings is 1. The molecule has 0 unspecified atom stereocenters. The molecule has 0 N–H and O–H groups in total. The number of hydrogen-bond acceptors (Lipinski definition) is 2. The van der Waals surface area contributed by atoms with Gasteiger partial charge < -0.3 is 9.64 Å². The fourth-order valence-corrected chi connectivity index (χ4v) is 2.90. The lowest BCUT2D eigenvalue weighted by atomic mass is 9.61. The Bertz CT molecular complexity index is 224. The van der Waals surface area contributed by atoms with Gasteiger partial charge >= 0.3 is 0 Å². The summed E-state index contributed by atoms with van der Waals surface area (Å²) in [5.41, 5.74) is 0.513. The van der Waals surface area contributed by atoms with Gasteiger partial charge in [0, 0.05) is 13.1 Å². The molecule has 0 atom stereocenters. The van der Waals surface area contributed by atoms with Gasteiger partial charge in [0.15, 0.2) is 0 Å². The molecule has 2 rings (SSSR count). The number of hydrogen-bond donors (Lipinski definition) is 0. The van der Waals surface area contributed by atoms with Crippen molar-refractivity contribution in [2.24, 2.45) is 5.41 Å². The summed E-state index contributed by atoms with van der Waals surface area (Å²) >= 11 is 0. The zero-order valence-corrected chi connectivity index (χ0v) is 9.74. The first-order valence-corrected chi connectivity index (χ1v) is 5.98. The SMILES string of the molecule is CC(C)OC1CC2(CCN(C=O)CC2)C1. The molecule has 3 nitrogen and oxygen atoms in total. The average Bonchev–Trinajstić information content (AvgIpc) is 2.16. The second-order valence-corrected chi connectivity index (χ2v) is 5.36. The Hall–Kier alpha value is -0.570. The molecular weight excluding hydrogens is 190 g/mol. The monoisotopic (exact) mass is 211 g/mol. The van der Waals surface area contributed by atoms with E-state index in [9.17, 15) is 4.79 Å². The fourth-order valence-electron chi connectivity index (χ4n) is 2.90. The van der Waals surface area contributed by atoms with Crippen LogP contribution in [0.15, 0.2) is 0 Å². The van der Waals surface area contributed by atoms with Gasteiger partial charge in [0.25, 0.3) is 0 Å². The van der Waals surface area contributed by atoms with Gasteiger partial charge in [-0.05, 0) is 44.9 Å². The molecule has 1 aliphatic carbocycles. The van der Waals surface area contributed by atoms with Gasteiger partial charge in [-0.25, -0.2) is 0 Å². The molecule has 0 bridgehead atoms. The molecular formula is C12H21NO2. The van der Waals surface area contributed by atoms with Crippen molar-refractivity contribution in [1.29, 1.82) is 0 Å². The smallest absolute Gasteiger partial charge is 0.209 e. The number of ether oxygens (including phenoxy) is 1. The number of rotatable bonds is 3. The molecule has 0 aromatic heterocycles. The van der Waals surface area contributed by atoms with Crippen molar-refractivity contribution in [3.05, 3.63) is 0 Å². The van der Waals surface area contributed by atoms with Crippen LogP contribution >= 0.6 is 0 Å². The van der Waals surface area contributed by atoms with Gasteiger partial charge in [-0.15, -0.1) is 0 Å². The predicted molar refractivity (Wildman–Crippen MR) is 58.5 cm³/mol. The first kappa shape index (κ1) is 10.9. The largest absolute Gasteiger partial charge is 0.376 e. The van der Waals surface area contributed by atoms with Gasteiger partial charge in [-0.3, -0.25) is 4.79 Å². The van der Waals surface area contributed by atoms with Crippen molar-refractivity contribution >= 4 is 6.41 Å². The highest BCUT2D eigenvalue weighted by atomic mass is 16.5. The molecule has 3 heteroatoms. The summed E-state index contributed by atoms with van der Waals surface area (Å²) in [6, 6.07) is 0. The van der Waals surface area contributed by atoms with E-state index in [2.05, 4.69) is 13.8 Å². The predicted octanol–water partition coefficient (Wildman–Crippen LogP) is 1.81. The quantitative estimate of drug-likeness (QED) is 0.666. The van der Waals surface area contributed by atoms with Crippen LogP contribution in [0.2, 0.25) is 0 Å². The number of carbonyl (C=O) groups is 1. The third-order valence-electron chi connectivity index (χ3n) is 3.79. The Morgan fingerprint density at radius 3 is 2.40 bits per heavy atom. The summed E-state index contributed by atoms with van der Waals surface area (Å²) < 4.78 is 5.78. The first-order valence-electron chi connectivity index (χ1n) is 5.98. The Balaban J connectivity index is 1.75. The third-order valence-corrected chi connectivity index (χ3v) is 3.79. The highest BCUT2D eigenvalue weighted by Gasteiger charge is 2.46. The lowest BCUT2D eigenvalue weighted by Crippen LogP contribution is -2.50. The zero-order chi connectivity index (χ0) is 10.9. The van der Waals surface area contributed by atoms with Gasteiger partial charge in [-0.2, -0.15) is 0 Å². The van der Waals surface area contributed by atoms with Crippen molar-refractivity contribution < 1.29 is 9.53 Å². The van der Waals surface area contributed by atoms with Gasteiger partial charge in [0.2, 0.25) is 6.41 Å². The van der Waals surface area contributed by atoms with Crippen LogP contribution in [0.1, 0.15) is 39.5 Å². The highest BCUT2D eigenvalue weighted by Crippen LogP contribution is 2.50. The summed E-state index contributed by atoms with van der Waals surface area (Å²) in [5, 5.41) is 0. The van der Waals surface area contributed by atoms with Gasteiger partial charge in [0.1, 0.15) is 0 Å². The van der Waals surface area contributed by atoms with Crippen LogP contribution in [0, 0.1) is 5.41 Å². The van der Waals surface area contributed by atoms with E-state index in [0.29, 0.717) is 17.6 Å². The minimum Gasteiger partial charge on any atom is -0.376 e. The second-order valence-electron chi connectivity index (χ2n) is 5.36. The molecule has 1 heterocycles. The van der Waals surface area contributed by atoms with E-state index in [0.717, 1.165) is 19.5 Å². The van der Waals surface area contributed by atoms with Crippen molar-refractivity contribution in [3.8, 4) is 0 Å². The van der Waals surface area contributed by atoms with Crippen LogP contribution in [0.25, 0.3) is 0 Å². The van der Waals surface area contributed by atoms with Crippen molar-refractivity contribution in [2.45, 2.75) is 51.7 Å². The topological polar surface area (TPSA) is 29.5 Å². The van der Waals surface area contributed by atoms with Crippen LogP contribution in [-0.4, -0.2) is 36.6 Å². The van der Waals surface area contributed by atoms with E-state index in [1.807, 2.05) is 4.90 Å². The van der Waals surface area contributed by atoms with E-state index in [1.54, 1.807) is 0 Å². The normalized spacial score (nSPS) is 25.7. The van der Waals surface area contributed by atoms with Crippen LogP contribution in [0.4, 0.5) is 0 Å². The average molecular weight is 211 g/mol. The van der Waals surface area contributed by atoms with Crippen molar-refractivity contribution in [3.63, 3.8) is 0 Å². The van der Waals surface area contributed by atoms with E-state index in [1.165, 1.54) is 25.7 Å². The Kier molecular flexibility index (Phi) is 3.01. The molecule has 1 amide bonds. The molecule has 2 aliphatic rings. The summed E-state index contributed by atoms with van der Waals surface area (Å²) in [7, 11) is 0. The lowest BCUT2D eigenvalue weighted by molar-refractivity contribution is -0.134. The van der Waals surface area contributed by atoms with Crippen LogP contribution in [0.3, 0.4) is 0 Å². The van der Waals surface area contributed by atoms with Crippen LogP contribution in [0.5, 0.6) is 0 Å². The Labute approximate surface area is 91.8 Å². The number of likely N-dealkylation sites (tertiary alicyclic amines) is 1. The Morgan fingerprint density at radius 2 is 1.93 bits per heavy atom. The minimum absolute atomic E-state index is 0.349. The van der Waals surface area contributed by atoms with Crippen molar-refractivity contribution in [2.75, 3.05) is 13.1 Å². The van der Waals surface area contributed by atoms with Crippen LogP contribution < -0.4 is 0 Å². The molecule has 86 valence electrons. The molecule has 1 spiro atoms. The lowest BCUT2D eigenvalue weighted by Gasteiger charge is -2.51. The molecule has 15 heavy (non-hydrogen) atoms. The molecule has 1 saturated heterocycles. The zero-order valence-electron chi connectivity index (χ0n) is 9.74. The van der Waals surface area contributed by atoms with E-state index < -0.39 is 0 Å². The summed E-state index contributed by atoms with van der Waals surface area (Å²) in [6.07, 6.45) is 6.56. The van der Waals surface area contributed by atoms with E-state index in [4.69, 9.17) is 4.74 Å². The summed E-state index contributed by atoms with van der Waals surface area (Å²) in [4.78, 5) is 12.5. The molecule has 1 saturated carbocycles. The Morgan fingerprint density at radius 1 is 1.33 bits per heavy atom. The highest BCUT2D eigenvalue weighted by molar-refractivity contribution is 5.47. The molecule has 1 aliphatic heterocycles. The molecule has 2 fully saturated rings. The van der Waals surface area contributed by atoms with Crippen LogP contribution in [-0.2, 0) is 9.53 Å². The van der Waals surface area contributed by atoms with Crippen molar-refractivity contribution in [1.82, 2.24) is 4.90 Å². The fraction of sp³-hybridized carbons (Fsp3) is 0.917. The maximum Gasteiger partial charge on any atom is 0.209 e. The minimum atomic E-state index is 0.349.